The van der Waals surface area contributed by atoms with E-state index in [2.05, 4.69) is 49.5 Å². The predicted molar refractivity (Wildman–Crippen MR) is 176 cm³/mol. The first-order valence-electron chi connectivity index (χ1n) is 18.8. The molecule has 3 unspecified atom stereocenters. The van der Waals surface area contributed by atoms with Gasteiger partial charge in [-0.2, -0.15) is 0 Å². The number of morpholine rings is 1. The summed E-state index contributed by atoms with van der Waals surface area (Å²) in [5, 5.41) is 27.5. The minimum atomic E-state index is -1.21. The van der Waals surface area contributed by atoms with Gasteiger partial charge in [0.15, 0.2) is 6.29 Å². The standard InChI is InChI=1S/C37H60N4O6/c1-21-16-23(30(39-40-38)33(4,5)43)46-29-28(21)34(6)12-13-37-20-36(37)11-10-26(47-27-17-41(14-15-45-27)22-18-44-19-22)32(2,3)24(36)8-9-25(37)35(34,7)31(29)42/h21-31,42-43H,8-20H2,1-7H3/t21-,23-,24?,25+,26+,27?,28+,29+,30+,31+,34-,35-,36-,37?/m1/s1. The molecule has 8 rings (SSSR count). The maximum absolute atomic E-state index is 12.5. The number of aliphatic hydroxyl groups is 2. The summed E-state index contributed by atoms with van der Waals surface area (Å²) in [5.74, 6) is 1.59. The van der Waals surface area contributed by atoms with E-state index in [0.29, 0.717) is 29.2 Å². The first kappa shape index (κ1) is 33.2. The number of azide groups is 1. The van der Waals surface area contributed by atoms with Crippen LogP contribution in [-0.4, -0.2) is 96.4 Å². The molecule has 2 spiro atoms. The van der Waals surface area contributed by atoms with Gasteiger partial charge in [0, 0.05) is 16.9 Å². The van der Waals surface area contributed by atoms with Gasteiger partial charge in [0.25, 0.3) is 0 Å². The molecule has 0 aromatic heterocycles. The molecule has 3 saturated heterocycles. The van der Waals surface area contributed by atoms with Crippen LogP contribution in [0.25, 0.3) is 10.4 Å². The van der Waals surface area contributed by atoms with Gasteiger partial charge in [0.2, 0.25) is 0 Å². The van der Waals surface area contributed by atoms with Crippen LogP contribution < -0.4 is 0 Å². The van der Waals surface area contributed by atoms with Crippen LogP contribution in [0.3, 0.4) is 0 Å². The summed E-state index contributed by atoms with van der Waals surface area (Å²) < 4.78 is 25.4. The fourth-order valence-corrected chi connectivity index (χ4v) is 14.2. The Kier molecular flexibility index (Phi) is 7.61. The van der Waals surface area contributed by atoms with E-state index >= 15 is 0 Å². The van der Waals surface area contributed by atoms with E-state index in [1.165, 1.54) is 25.7 Å². The normalized spacial score (nSPS) is 52.8. The number of aliphatic hydroxyl groups excluding tert-OH is 1. The lowest BCUT2D eigenvalue weighted by Crippen LogP contribution is -2.60. The van der Waals surface area contributed by atoms with Gasteiger partial charge >= 0.3 is 0 Å². The van der Waals surface area contributed by atoms with E-state index in [0.717, 1.165) is 58.6 Å². The second kappa shape index (κ2) is 10.8. The van der Waals surface area contributed by atoms with E-state index in [4.69, 9.17) is 18.9 Å². The lowest BCUT2D eigenvalue weighted by Gasteiger charge is -2.64. The molecule has 3 heterocycles. The van der Waals surface area contributed by atoms with Crippen molar-refractivity contribution in [1.82, 2.24) is 4.90 Å². The molecule has 2 N–H and O–H groups in total. The highest BCUT2D eigenvalue weighted by molar-refractivity contribution is 5.33. The molecule has 47 heavy (non-hydrogen) atoms. The second-order valence-electron chi connectivity index (χ2n) is 19.0. The third-order valence-corrected chi connectivity index (χ3v) is 16.5. The molecule has 264 valence electrons. The maximum Gasteiger partial charge on any atom is 0.170 e. The van der Waals surface area contributed by atoms with Crippen LogP contribution >= 0.6 is 0 Å². The zero-order valence-electron chi connectivity index (χ0n) is 29.9. The lowest BCUT2D eigenvalue weighted by atomic mass is 9.41. The molecule has 0 bridgehead atoms. The topological polar surface area (TPSA) is 129 Å². The first-order chi connectivity index (χ1) is 22.1. The third-order valence-electron chi connectivity index (χ3n) is 16.5. The Morgan fingerprint density at radius 2 is 1.77 bits per heavy atom. The molecular weight excluding hydrogens is 596 g/mol. The summed E-state index contributed by atoms with van der Waals surface area (Å²) in [7, 11) is 0. The zero-order valence-corrected chi connectivity index (χ0v) is 29.9. The molecule has 3 aliphatic heterocycles. The largest absolute Gasteiger partial charge is 0.390 e. The number of hydrogen-bond donors (Lipinski definition) is 2. The van der Waals surface area contributed by atoms with Crippen molar-refractivity contribution < 1.29 is 29.2 Å². The molecule has 0 radical (unpaired) electrons. The monoisotopic (exact) mass is 656 g/mol. The highest BCUT2D eigenvalue weighted by Crippen LogP contribution is 2.89. The second-order valence-corrected chi connectivity index (χ2v) is 19.0. The summed E-state index contributed by atoms with van der Waals surface area (Å²) in [6.07, 6.45) is 7.66. The fourth-order valence-electron chi connectivity index (χ4n) is 14.2. The van der Waals surface area contributed by atoms with Crippen LogP contribution in [0.1, 0.15) is 99.8 Å². The number of fused-ring (bicyclic) bond motifs is 4. The van der Waals surface area contributed by atoms with Crippen molar-refractivity contribution >= 4 is 0 Å². The molecule has 10 nitrogen and oxygen atoms in total. The highest BCUT2D eigenvalue weighted by atomic mass is 16.7. The Morgan fingerprint density at radius 1 is 1.04 bits per heavy atom. The van der Waals surface area contributed by atoms with E-state index < -0.39 is 23.9 Å². The molecule has 10 heteroatoms. The van der Waals surface area contributed by atoms with Gasteiger partial charge in [0.1, 0.15) is 0 Å². The van der Waals surface area contributed by atoms with Crippen LogP contribution in [0.4, 0.5) is 0 Å². The molecule has 0 aromatic carbocycles. The summed E-state index contributed by atoms with van der Waals surface area (Å²) in [6.45, 7) is 19.7. The van der Waals surface area contributed by atoms with E-state index in [1.807, 2.05) is 0 Å². The van der Waals surface area contributed by atoms with Crippen molar-refractivity contribution in [3.05, 3.63) is 10.4 Å². The number of rotatable bonds is 6. The Morgan fingerprint density at radius 3 is 2.45 bits per heavy atom. The van der Waals surface area contributed by atoms with Gasteiger partial charge in [-0.25, -0.2) is 0 Å². The highest BCUT2D eigenvalue weighted by Gasteiger charge is 2.84. The van der Waals surface area contributed by atoms with Crippen LogP contribution in [-0.2, 0) is 18.9 Å². The fraction of sp³-hybridized carbons (Fsp3) is 1.00. The smallest absolute Gasteiger partial charge is 0.170 e. The van der Waals surface area contributed by atoms with Gasteiger partial charge in [-0.15, -0.1) is 0 Å². The van der Waals surface area contributed by atoms with Crippen molar-refractivity contribution in [2.45, 2.75) is 148 Å². The average molecular weight is 657 g/mol. The summed E-state index contributed by atoms with van der Waals surface area (Å²) in [6, 6.07) is -0.190. The van der Waals surface area contributed by atoms with Crippen molar-refractivity contribution in [2.24, 2.45) is 55.9 Å². The Labute approximate surface area is 281 Å². The molecule has 5 saturated carbocycles. The van der Waals surface area contributed by atoms with Crippen molar-refractivity contribution in [3.8, 4) is 0 Å². The van der Waals surface area contributed by atoms with Crippen LogP contribution in [0.5, 0.6) is 0 Å². The minimum Gasteiger partial charge on any atom is -0.390 e. The van der Waals surface area contributed by atoms with E-state index in [-0.39, 0.29) is 46.1 Å². The SMILES string of the molecule is C[C@@H]1C[C@H]([C@H](N=[N+]=[N-])C(C)(C)O)O[C@H]2[C@H]1[C@@]1(C)CCC34C[C@@]35CC[C@H](OC3CN(C6COC6)CCO3)C(C)(C)C5CC[C@H]4[C@]1(C)[C@H]2O. The van der Waals surface area contributed by atoms with Crippen LogP contribution in [0.2, 0.25) is 0 Å². The third kappa shape index (κ3) is 4.38. The van der Waals surface area contributed by atoms with E-state index in [1.54, 1.807) is 13.8 Å². The molecule has 0 amide bonds. The van der Waals surface area contributed by atoms with Crippen molar-refractivity contribution in [2.75, 3.05) is 32.9 Å². The Balaban J connectivity index is 1.03. The summed E-state index contributed by atoms with van der Waals surface area (Å²) in [4.78, 5) is 5.57. The predicted octanol–water partition coefficient (Wildman–Crippen LogP) is 5.69. The maximum atomic E-state index is 12.5. The van der Waals surface area contributed by atoms with E-state index in [9.17, 15) is 15.7 Å². The molecule has 14 atom stereocenters. The lowest BCUT2D eigenvalue weighted by molar-refractivity contribution is -0.256. The minimum absolute atomic E-state index is 0.0395. The molecule has 5 aliphatic carbocycles. The van der Waals surface area contributed by atoms with Crippen LogP contribution in [0, 0.1) is 50.7 Å². The Hall–Kier alpha value is -0.970. The average Bonchev–Trinajstić information content (AvgIpc) is 3.61. The zero-order chi connectivity index (χ0) is 33.4. The van der Waals surface area contributed by atoms with Crippen molar-refractivity contribution in [3.63, 3.8) is 0 Å². The number of hydrogen-bond acceptors (Lipinski definition) is 8. The first-order valence-corrected chi connectivity index (χ1v) is 18.8. The van der Waals surface area contributed by atoms with Gasteiger partial charge in [-0.1, -0.05) is 39.7 Å². The van der Waals surface area contributed by atoms with Gasteiger partial charge in [0.05, 0.1) is 68.5 Å². The summed E-state index contributed by atoms with van der Waals surface area (Å²) in [5.41, 5.74) is 8.48. The summed E-state index contributed by atoms with van der Waals surface area (Å²) >= 11 is 0. The molecule has 8 aliphatic rings. The van der Waals surface area contributed by atoms with Gasteiger partial charge in [-0.05, 0) is 116 Å². The molecule has 8 fully saturated rings. The molecular formula is C37H60N4O6. The number of ether oxygens (including phenoxy) is 4. The van der Waals surface area contributed by atoms with Gasteiger partial charge < -0.3 is 29.2 Å². The quantitative estimate of drug-likeness (QED) is 0.213. The Bertz CT molecular complexity index is 1300. The number of nitrogens with zero attached hydrogens (tertiary/aromatic N) is 4. The molecule has 0 aromatic rings. The van der Waals surface area contributed by atoms with Crippen molar-refractivity contribution in [1.29, 1.82) is 0 Å². The van der Waals surface area contributed by atoms with Crippen LogP contribution in [0.15, 0.2) is 5.11 Å². The van der Waals surface area contributed by atoms with Gasteiger partial charge in [-0.3, -0.25) is 4.90 Å².